The van der Waals surface area contributed by atoms with Crippen LogP contribution in [0.5, 0.6) is 0 Å². The highest BCUT2D eigenvalue weighted by Gasteiger charge is 2.16. The first kappa shape index (κ1) is 15.2. The minimum absolute atomic E-state index is 0.363. The van der Waals surface area contributed by atoms with Crippen LogP contribution in [-0.2, 0) is 22.7 Å². The highest BCUT2D eigenvalue weighted by Crippen LogP contribution is 2.13. The van der Waals surface area contributed by atoms with Crippen LogP contribution < -0.4 is 5.32 Å². The van der Waals surface area contributed by atoms with Gasteiger partial charge in [0.2, 0.25) is 0 Å². The van der Waals surface area contributed by atoms with E-state index in [0.717, 1.165) is 11.1 Å². The summed E-state index contributed by atoms with van der Waals surface area (Å²) in [4.78, 5) is 12.0. The minimum Gasteiger partial charge on any atom is -0.380 e. The molecule has 4 heteroatoms. The van der Waals surface area contributed by atoms with Gasteiger partial charge in [0, 0.05) is 13.7 Å². The second kappa shape index (κ2) is 7.57. The van der Waals surface area contributed by atoms with Gasteiger partial charge in [-0.1, -0.05) is 54.6 Å². The van der Waals surface area contributed by atoms with Gasteiger partial charge < -0.3 is 15.2 Å². The summed E-state index contributed by atoms with van der Waals surface area (Å²) >= 11 is 0. The summed E-state index contributed by atoms with van der Waals surface area (Å²) in [7, 11) is 1.63. The van der Waals surface area contributed by atoms with Crippen LogP contribution in [0.2, 0.25) is 0 Å². The zero-order chi connectivity index (χ0) is 15.1. The van der Waals surface area contributed by atoms with Crippen LogP contribution in [0.15, 0.2) is 54.6 Å². The van der Waals surface area contributed by atoms with Gasteiger partial charge in [0.05, 0.1) is 6.61 Å². The van der Waals surface area contributed by atoms with Crippen LogP contribution in [0.3, 0.4) is 0 Å². The van der Waals surface area contributed by atoms with Gasteiger partial charge in [-0.25, -0.2) is 0 Å². The minimum atomic E-state index is -1.15. The highest BCUT2D eigenvalue weighted by atomic mass is 16.5. The van der Waals surface area contributed by atoms with Crippen LogP contribution in [0.1, 0.15) is 22.8 Å². The Morgan fingerprint density at radius 1 is 1.10 bits per heavy atom. The molecular formula is C17H19NO3. The summed E-state index contributed by atoms with van der Waals surface area (Å²) < 4.78 is 5.13. The van der Waals surface area contributed by atoms with Crippen molar-refractivity contribution in [1.29, 1.82) is 0 Å². The Bertz CT molecular complexity index is 584. The Labute approximate surface area is 124 Å². The van der Waals surface area contributed by atoms with E-state index in [-0.39, 0.29) is 0 Å². The Hall–Kier alpha value is -2.17. The van der Waals surface area contributed by atoms with Crippen molar-refractivity contribution in [3.63, 3.8) is 0 Å². The van der Waals surface area contributed by atoms with Crippen molar-refractivity contribution >= 4 is 5.91 Å². The quantitative estimate of drug-likeness (QED) is 0.855. The topological polar surface area (TPSA) is 58.6 Å². The van der Waals surface area contributed by atoms with E-state index < -0.39 is 12.0 Å². The summed E-state index contributed by atoms with van der Waals surface area (Å²) in [6.45, 7) is 0.857. The first-order valence-electron chi connectivity index (χ1n) is 6.79. The zero-order valence-corrected chi connectivity index (χ0v) is 12.0. The van der Waals surface area contributed by atoms with Gasteiger partial charge in [-0.3, -0.25) is 4.79 Å². The standard InChI is InChI=1S/C17H19NO3/c1-21-12-15-10-6-5-9-14(15)11-18-17(20)16(19)13-7-3-2-4-8-13/h2-10,16,19H,11-12H2,1H3,(H,18,20). The van der Waals surface area contributed by atoms with Crippen molar-refractivity contribution in [3.8, 4) is 0 Å². The van der Waals surface area contributed by atoms with E-state index in [1.165, 1.54) is 0 Å². The highest BCUT2D eigenvalue weighted by molar-refractivity contribution is 5.81. The number of aliphatic hydroxyl groups excluding tert-OH is 1. The van der Waals surface area contributed by atoms with Crippen molar-refractivity contribution in [2.75, 3.05) is 7.11 Å². The maximum absolute atomic E-state index is 12.0. The number of aliphatic hydroxyl groups is 1. The molecule has 4 nitrogen and oxygen atoms in total. The van der Waals surface area contributed by atoms with Crippen molar-refractivity contribution in [2.24, 2.45) is 0 Å². The molecule has 1 atom stereocenters. The lowest BCUT2D eigenvalue weighted by molar-refractivity contribution is -0.129. The van der Waals surface area contributed by atoms with Crippen molar-refractivity contribution in [1.82, 2.24) is 5.32 Å². The number of hydrogen-bond acceptors (Lipinski definition) is 3. The summed E-state index contributed by atoms with van der Waals surface area (Å²) in [5, 5.41) is 12.8. The number of methoxy groups -OCH3 is 1. The molecule has 0 fully saturated rings. The predicted octanol–water partition coefficient (Wildman–Crippen LogP) is 2.18. The Kier molecular flexibility index (Phi) is 5.49. The SMILES string of the molecule is COCc1ccccc1CNC(=O)C(O)c1ccccc1. The van der Waals surface area contributed by atoms with Gasteiger partial charge in [0.1, 0.15) is 0 Å². The molecule has 0 spiro atoms. The molecule has 2 aromatic carbocycles. The van der Waals surface area contributed by atoms with E-state index in [4.69, 9.17) is 4.74 Å². The fourth-order valence-electron chi connectivity index (χ4n) is 2.09. The lowest BCUT2D eigenvalue weighted by Gasteiger charge is -2.13. The van der Waals surface area contributed by atoms with Gasteiger partial charge in [0.15, 0.2) is 6.10 Å². The van der Waals surface area contributed by atoms with Crippen molar-refractivity contribution in [2.45, 2.75) is 19.3 Å². The number of ether oxygens (including phenoxy) is 1. The first-order valence-corrected chi connectivity index (χ1v) is 6.79. The largest absolute Gasteiger partial charge is 0.380 e. The van der Waals surface area contributed by atoms with E-state index in [1.807, 2.05) is 30.3 Å². The van der Waals surface area contributed by atoms with E-state index in [2.05, 4.69) is 5.32 Å². The third-order valence-electron chi connectivity index (χ3n) is 3.23. The average Bonchev–Trinajstić information content (AvgIpc) is 2.54. The van der Waals surface area contributed by atoms with Crippen LogP contribution >= 0.6 is 0 Å². The maximum atomic E-state index is 12.0. The third kappa shape index (κ3) is 4.15. The Morgan fingerprint density at radius 3 is 2.38 bits per heavy atom. The van der Waals surface area contributed by atoms with E-state index in [1.54, 1.807) is 31.4 Å². The number of benzene rings is 2. The summed E-state index contributed by atoms with van der Waals surface area (Å²) in [6.07, 6.45) is -1.15. The summed E-state index contributed by atoms with van der Waals surface area (Å²) in [5.74, 6) is -0.409. The predicted molar refractivity (Wildman–Crippen MR) is 80.4 cm³/mol. The molecule has 0 radical (unpaired) electrons. The molecule has 0 saturated heterocycles. The van der Waals surface area contributed by atoms with Gasteiger partial charge in [0.25, 0.3) is 5.91 Å². The summed E-state index contributed by atoms with van der Waals surface area (Å²) in [5.41, 5.74) is 2.59. The lowest BCUT2D eigenvalue weighted by Crippen LogP contribution is -2.29. The molecular weight excluding hydrogens is 266 g/mol. The van der Waals surface area contributed by atoms with E-state index in [0.29, 0.717) is 18.7 Å². The van der Waals surface area contributed by atoms with Crippen LogP contribution in [0.4, 0.5) is 0 Å². The average molecular weight is 285 g/mol. The number of carbonyl (C=O) groups excluding carboxylic acids is 1. The molecule has 0 aliphatic heterocycles. The van der Waals surface area contributed by atoms with E-state index in [9.17, 15) is 9.90 Å². The molecule has 110 valence electrons. The molecule has 0 saturated carbocycles. The van der Waals surface area contributed by atoms with Gasteiger partial charge >= 0.3 is 0 Å². The molecule has 2 N–H and O–H groups in total. The molecule has 0 heterocycles. The third-order valence-corrected chi connectivity index (χ3v) is 3.23. The molecule has 1 unspecified atom stereocenters. The van der Waals surface area contributed by atoms with Crippen molar-refractivity contribution in [3.05, 3.63) is 71.3 Å². The smallest absolute Gasteiger partial charge is 0.253 e. The molecule has 0 bridgehead atoms. The molecule has 0 aliphatic rings. The van der Waals surface area contributed by atoms with Crippen LogP contribution in [0, 0.1) is 0 Å². The second-order valence-corrected chi connectivity index (χ2v) is 4.73. The second-order valence-electron chi connectivity index (χ2n) is 4.73. The lowest BCUT2D eigenvalue weighted by atomic mass is 10.1. The fourth-order valence-corrected chi connectivity index (χ4v) is 2.09. The zero-order valence-electron chi connectivity index (χ0n) is 12.0. The number of amides is 1. The van der Waals surface area contributed by atoms with Crippen LogP contribution in [0.25, 0.3) is 0 Å². The van der Waals surface area contributed by atoms with E-state index >= 15 is 0 Å². The molecule has 2 aromatic rings. The van der Waals surface area contributed by atoms with Gasteiger partial charge in [-0.05, 0) is 16.7 Å². The Morgan fingerprint density at radius 2 is 1.71 bits per heavy atom. The van der Waals surface area contributed by atoms with Crippen molar-refractivity contribution < 1.29 is 14.6 Å². The monoisotopic (exact) mass is 285 g/mol. The van der Waals surface area contributed by atoms with Gasteiger partial charge in [-0.2, -0.15) is 0 Å². The molecule has 2 rings (SSSR count). The summed E-state index contributed by atoms with van der Waals surface area (Å²) in [6, 6.07) is 16.6. The Balaban J connectivity index is 1.98. The van der Waals surface area contributed by atoms with Gasteiger partial charge in [-0.15, -0.1) is 0 Å². The number of nitrogens with one attached hydrogen (secondary N) is 1. The number of rotatable bonds is 6. The molecule has 1 amide bonds. The fraction of sp³-hybridized carbons (Fsp3) is 0.235. The number of hydrogen-bond donors (Lipinski definition) is 2. The first-order chi connectivity index (χ1) is 10.2. The van der Waals surface area contributed by atoms with Crippen LogP contribution in [-0.4, -0.2) is 18.1 Å². The number of carbonyl (C=O) groups is 1. The molecule has 21 heavy (non-hydrogen) atoms. The molecule has 0 aliphatic carbocycles. The normalized spacial score (nSPS) is 11.9. The molecule has 0 aromatic heterocycles. The maximum Gasteiger partial charge on any atom is 0.253 e.